The number of rotatable bonds is 8. The molecule has 0 spiro atoms. The highest BCUT2D eigenvalue weighted by Crippen LogP contribution is 2.32. The van der Waals surface area contributed by atoms with E-state index >= 15 is 0 Å². The number of amides is 2. The Kier molecular flexibility index (Phi) is 10.2. The molecule has 2 aromatic rings. The Morgan fingerprint density at radius 3 is 2.18 bits per heavy atom. The van der Waals surface area contributed by atoms with Gasteiger partial charge in [-0.15, -0.1) is 0 Å². The van der Waals surface area contributed by atoms with Crippen molar-refractivity contribution in [3.8, 4) is 5.75 Å². The average molecular weight is 637 g/mol. The van der Waals surface area contributed by atoms with E-state index in [9.17, 15) is 53.1 Å². The van der Waals surface area contributed by atoms with E-state index in [4.69, 9.17) is 23.4 Å². The highest BCUT2D eigenvalue weighted by Gasteiger charge is 2.53. The Morgan fingerprint density at radius 2 is 1.57 bits per heavy atom. The van der Waals surface area contributed by atoms with Crippen molar-refractivity contribution < 1.29 is 71.7 Å². The van der Waals surface area contributed by atoms with E-state index < -0.39 is 98.1 Å². The van der Waals surface area contributed by atoms with Gasteiger partial charge in [-0.3, -0.25) is 9.59 Å². The molecule has 3 heterocycles. The molecule has 18 heteroatoms. The third kappa shape index (κ3) is 7.13. The fraction of sp³-hybridized carbons (Fsp3) is 0.577. The van der Waals surface area contributed by atoms with Gasteiger partial charge in [0.2, 0.25) is 12.2 Å². The van der Waals surface area contributed by atoms with Crippen LogP contribution < -0.4 is 21.0 Å². The maximum atomic E-state index is 13.3. The second-order valence-corrected chi connectivity index (χ2v) is 10.3. The number of fused-ring (bicyclic) bond motifs is 1. The molecule has 10 atom stereocenters. The third-order valence-corrected chi connectivity index (χ3v) is 7.13. The molecular formula is C26H31F3N2O13. The first kappa shape index (κ1) is 33.5. The summed E-state index contributed by atoms with van der Waals surface area (Å²) in [5.41, 5.74) is -0.0700. The van der Waals surface area contributed by atoms with Crippen LogP contribution in [-0.2, 0) is 23.8 Å². The topological polar surface area (TPSA) is 226 Å². The first-order valence-electron chi connectivity index (χ1n) is 13.2. The van der Waals surface area contributed by atoms with Gasteiger partial charge in [-0.05, 0) is 24.6 Å². The van der Waals surface area contributed by atoms with Crippen LogP contribution in [0, 0.1) is 6.92 Å². The van der Waals surface area contributed by atoms with Gasteiger partial charge < -0.3 is 59.5 Å². The Balaban J connectivity index is 1.66. The summed E-state index contributed by atoms with van der Waals surface area (Å²) in [6, 6.07) is 1.77. The zero-order valence-electron chi connectivity index (χ0n) is 23.1. The Labute approximate surface area is 246 Å². The SMILES string of the molecule is CC(=O)N[C@H]1[C@H](O[C@H]2[C@H](O)[C@@H](NC(=O)C(F)(F)F)C(Oc3ccc4c(C)cc(=O)oc4c3)O[C@@H]2CO)O[C@H](CO)[C@@H](O)[C@@H]1O. The van der Waals surface area contributed by atoms with Gasteiger partial charge in [-0.25, -0.2) is 4.79 Å². The summed E-state index contributed by atoms with van der Waals surface area (Å²) < 4.78 is 67.4. The van der Waals surface area contributed by atoms with E-state index in [1.54, 1.807) is 12.2 Å². The van der Waals surface area contributed by atoms with Crippen molar-refractivity contribution in [2.45, 2.75) is 81.3 Å². The number of ether oxygens (including phenoxy) is 4. The van der Waals surface area contributed by atoms with E-state index in [1.807, 2.05) is 0 Å². The maximum Gasteiger partial charge on any atom is 0.471 e. The maximum absolute atomic E-state index is 13.3. The number of hydrogen-bond acceptors (Lipinski definition) is 13. The van der Waals surface area contributed by atoms with Gasteiger partial charge in [-0.2, -0.15) is 13.2 Å². The number of halogens is 3. The number of aliphatic hydroxyl groups excluding tert-OH is 5. The molecule has 0 saturated carbocycles. The smallest absolute Gasteiger partial charge is 0.462 e. The van der Waals surface area contributed by atoms with Crippen molar-refractivity contribution in [3.63, 3.8) is 0 Å². The summed E-state index contributed by atoms with van der Waals surface area (Å²) in [5.74, 6) is -3.32. The molecule has 4 rings (SSSR count). The zero-order chi connectivity index (χ0) is 32.5. The van der Waals surface area contributed by atoms with Crippen molar-refractivity contribution in [1.29, 1.82) is 0 Å². The lowest BCUT2D eigenvalue weighted by Crippen LogP contribution is -2.70. The molecule has 44 heavy (non-hydrogen) atoms. The van der Waals surface area contributed by atoms with Crippen LogP contribution in [0.5, 0.6) is 5.75 Å². The minimum absolute atomic E-state index is 0.0531. The molecule has 2 amide bonds. The van der Waals surface area contributed by atoms with Crippen molar-refractivity contribution in [1.82, 2.24) is 10.6 Å². The second kappa shape index (κ2) is 13.3. The summed E-state index contributed by atoms with van der Waals surface area (Å²) in [6.07, 6.45) is -19.5. The van der Waals surface area contributed by atoms with E-state index in [0.717, 1.165) is 6.92 Å². The summed E-state index contributed by atoms with van der Waals surface area (Å²) in [7, 11) is 0. The summed E-state index contributed by atoms with van der Waals surface area (Å²) >= 11 is 0. The van der Waals surface area contributed by atoms with Crippen LogP contribution in [-0.4, -0.2) is 118 Å². The number of carbonyl (C=O) groups excluding carboxylic acids is 2. The molecule has 0 aliphatic carbocycles. The standard InChI is InChI=1S/C26H31F3N2O13/c1-9-5-16(35)41-13-6-11(3-4-12(9)13)40-23-18(31-25(39)26(27,28)29)21(38)22(15(8-33)43-23)44-24-17(30-10(2)34)20(37)19(36)14(7-32)42-24/h3-6,14-15,17-24,32-33,36-38H,7-8H2,1-2H3,(H,30,34)(H,31,39)/t14-,15-,17-,18-,19-,20-,21-,22-,23?,24+/m1/s1. The van der Waals surface area contributed by atoms with Crippen LogP contribution >= 0.6 is 0 Å². The van der Waals surface area contributed by atoms with Gasteiger partial charge >= 0.3 is 17.7 Å². The van der Waals surface area contributed by atoms with Gasteiger partial charge in [0, 0.05) is 24.4 Å². The van der Waals surface area contributed by atoms with Crippen LogP contribution in [0.2, 0.25) is 0 Å². The van der Waals surface area contributed by atoms with E-state index in [2.05, 4.69) is 5.32 Å². The Bertz CT molecular complexity index is 1410. The molecule has 0 bridgehead atoms. The summed E-state index contributed by atoms with van der Waals surface area (Å²) in [4.78, 5) is 35.5. The van der Waals surface area contributed by atoms with Crippen LogP contribution in [0.1, 0.15) is 12.5 Å². The lowest BCUT2D eigenvalue weighted by Gasteiger charge is -2.48. The molecule has 2 fully saturated rings. The van der Waals surface area contributed by atoms with E-state index in [1.165, 1.54) is 24.3 Å². The van der Waals surface area contributed by atoms with Gasteiger partial charge in [0.05, 0.1) is 13.2 Å². The fourth-order valence-corrected chi connectivity index (χ4v) is 4.98. The molecule has 2 saturated heterocycles. The first-order valence-corrected chi connectivity index (χ1v) is 13.2. The number of nitrogens with one attached hydrogen (secondary N) is 2. The molecule has 1 aromatic carbocycles. The minimum atomic E-state index is -5.41. The largest absolute Gasteiger partial charge is 0.471 e. The highest BCUT2D eigenvalue weighted by atomic mass is 19.4. The number of aryl methyl sites for hydroxylation is 1. The average Bonchev–Trinajstić information content (AvgIpc) is 2.94. The van der Waals surface area contributed by atoms with Crippen LogP contribution in [0.4, 0.5) is 13.2 Å². The monoisotopic (exact) mass is 636 g/mol. The molecule has 0 radical (unpaired) electrons. The molecule has 2 aliphatic rings. The quantitative estimate of drug-likeness (QED) is 0.155. The van der Waals surface area contributed by atoms with Crippen LogP contribution in [0.15, 0.2) is 33.5 Å². The molecule has 7 N–H and O–H groups in total. The van der Waals surface area contributed by atoms with Gasteiger partial charge in [0.15, 0.2) is 6.29 Å². The number of carbonyl (C=O) groups is 2. The molecular weight excluding hydrogens is 605 g/mol. The third-order valence-electron chi connectivity index (χ3n) is 7.13. The van der Waals surface area contributed by atoms with Crippen LogP contribution in [0.25, 0.3) is 11.0 Å². The van der Waals surface area contributed by atoms with Crippen molar-refractivity contribution in [2.24, 2.45) is 0 Å². The molecule has 1 aromatic heterocycles. The van der Waals surface area contributed by atoms with Crippen LogP contribution in [0.3, 0.4) is 0 Å². The minimum Gasteiger partial charge on any atom is -0.462 e. The first-order chi connectivity index (χ1) is 20.6. The number of aliphatic hydroxyl groups is 5. The Morgan fingerprint density at radius 1 is 0.932 bits per heavy atom. The highest BCUT2D eigenvalue weighted by molar-refractivity contribution is 5.82. The summed E-state index contributed by atoms with van der Waals surface area (Å²) in [6.45, 7) is 0.945. The molecule has 1 unspecified atom stereocenters. The normalized spacial score (nSPS) is 32.7. The van der Waals surface area contributed by atoms with Crippen molar-refractivity contribution in [2.75, 3.05) is 13.2 Å². The van der Waals surface area contributed by atoms with Gasteiger partial charge in [0.25, 0.3) is 0 Å². The van der Waals surface area contributed by atoms with Crippen molar-refractivity contribution in [3.05, 3.63) is 40.2 Å². The molecule has 244 valence electrons. The van der Waals surface area contributed by atoms with Crippen molar-refractivity contribution >= 4 is 22.8 Å². The predicted molar refractivity (Wildman–Crippen MR) is 138 cm³/mol. The lowest BCUT2D eigenvalue weighted by molar-refractivity contribution is -0.325. The number of alkyl halides is 3. The Hall–Kier alpha value is -3.36. The summed E-state index contributed by atoms with van der Waals surface area (Å²) in [5, 5.41) is 56.0. The lowest BCUT2D eigenvalue weighted by atomic mass is 9.94. The fourth-order valence-electron chi connectivity index (χ4n) is 4.98. The second-order valence-electron chi connectivity index (χ2n) is 10.3. The zero-order valence-corrected chi connectivity index (χ0v) is 23.1. The number of benzene rings is 1. The molecule has 15 nitrogen and oxygen atoms in total. The van der Waals surface area contributed by atoms with Gasteiger partial charge in [0.1, 0.15) is 60.0 Å². The molecule has 2 aliphatic heterocycles. The number of hydrogen-bond donors (Lipinski definition) is 7. The van der Waals surface area contributed by atoms with E-state index in [-0.39, 0.29) is 11.3 Å². The predicted octanol–water partition coefficient (Wildman–Crippen LogP) is -2.07. The van der Waals surface area contributed by atoms with E-state index in [0.29, 0.717) is 10.9 Å². The van der Waals surface area contributed by atoms with Gasteiger partial charge in [-0.1, -0.05) is 0 Å².